The number of rotatable bonds is 5. The minimum absolute atomic E-state index is 0.0536. The van der Waals surface area contributed by atoms with E-state index in [0.717, 1.165) is 0 Å². The average molecular weight is 291 g/mol. The highest BCUT2D eigenvalue weighted by molar-refractivity contribution is 5.94. The predicted molar refractivity (Wildman–Crippen MR) is 72.4 cm³/mol. The van der Waals surface area contributed by atoms with E-state index in [2.05, 4.69) is 5.32 Å². The second-order valence-electron chi connectivity index (χ2n) is 4.61. The predicted octanol–water partition coefficient (Wildman–Crippen LogP) is 2.15. The molecule has 1 heterocycles. The molecule has 0 saturated carbocycles. The SMILES string of the molecule is Cc1ccc(C(=O)N[C@H](Cc2ccc(F)cc2)C(=O)O)o1. The van der Waals surface area contributed by atoms with Crippen LogP contribution in [0.5, 0.6) is 0 Å². The first kappa shape index (κ1) is 14.8. The molecule has 1 aromatic heterocycles. The molecule has 1 atom stereocenters. The van der Waals surface area contributed by atoms with E-state index in [1.54, 1.807) is 13.0 Å². The highest BCUT2D eigenvalue weighted by atomic mass is 19.1. The van der Waals surface area contributed by atoms with E-state index in [-0.39, 0.29) is 12.2 Å². The molecule has 1 aromatic carbocycles. The molecule has 0 aliphatic carbocycles. The van der Waals surface area contributed by atoms with Gasteiger partial charge in [0.05, 0.1) is 0 Å². The van der Waals surface area contributed by atoms with Crippen molar-refractivity contribution in [1.29, 1.82) is 0 Å². The maximum absolute atomic E-state index is 12.8. The number of hydrogen-bond acceptors (Lipinski definition) is 3. The molecule has 2 rings (SSSR count). The van der Waals surface area contributed by atoms with Crippen LogP contribution in [0.2, 0.25) is 0 Å². The van der Waals surface area contributed by atoms with Gasteiger partial charge in [0.25, 0.3) is 5.91 Å². The van der Waals surface area contributed by atoms with Crippen molar-refractivity contribution in [2.24, 2.45) is 0 Å². The molecule has 0 bridgehead atoms. The van der Waals surface area contributed by atoms with Crippen molar-refractivity contribution >= 4 is 11.9 Å². The number of halogens is 1. The van der Waals surface area contributed by atoms with Crippen LogP contribution in [0.1, 0.15) is 21.9 Å². The molecule has 5 nitrogen and oxygen atoms in total. The van der Waals surface area contributed by atoms with Crippen molar-refractivity contribution in [3.63, 3.8) is 0 Å². The number of hydrogen-bond donors (Lipinski definition) is 2. The van der Waals surface area contributed by atoms with E-state index in [1.165, 1.54) is 30.3 Å². The molecule has 0 unspecified atom stereocenters. The Bertz CT molecular complexity index is 648. The molecule has 0 radical (unpaired) electrons. The topological polar surface area (TPSA) is 79.5 Å². The molecule has 1 amide bonds. The third-order valence-electron chi connectivity index (χ3n) is 2.92. The van der Waals surface area contributed by atoms with E-state index in [0.29, 0.717) is 11.3 Å². The van der Waals surface area contributed by atoms with Crippen LogP contribution in [0.15, 0.2) is 40.8 Å². The Morgan fingerprint density at radius 2 is 1.90 bits per heavy atom. The van der Waals surface area contributed by atoms with E-state index in [4.69, 9.17) is 4.42 Å². The quantitative estimate of drug-likeness (QED) is 0.884. The Balaban J connectivity index is 2.07. The third kappa shape index (κ3) is 3.92. The highest BCUT2D eigenvalue weighted by Crippen LogP contribution is 2.09. The summed E-state index contributed by atoms with van der Waals surface area (Å²) >= 11 is 0. The second kappa shape index (κ2) is 6.21. The highest BCUT2D eigenvalue weighted by Gasteiger charge is 2.22. The van der Waals surface area contributed by atoms with Crippen LogP contribution in [0, 0.1) is 12.7 Å². The van der Waals surface area contributed by atoms with Crippen molar-refractivity contribution in [1.82, 2.24) is 5.32 Å². The molecular weight excluding hydrogens is 277 g/mol. The van der Waals surface area contributed by atoms with Crippen molar-refractivity contribution < 1.29 is 23.5 Å². The molecule has 0 aliphatic heterocycles. The van der Waals surface area contributed by atoms with Crippen LogP contribution in [-0.2, 0) is 11.2 Å². The van der Waals surface area contributed by atoms with E-state index >= 15 is 0 Å². The Morgan fingerprint density at radius 3 is 2.43 bits per heavy atom. The summed E-state index contributed by atoms with van der Waals surface area (Å²) in [7, 11) is 0. The van der Waals surface area contributed by atoms with Gasteiger partial charge in [0.2, 0.25) is 0 Å². The van der Waals surface area contributed by atoms with Crippen LogP contribution in [-0.4, -0.2) is 23.0 Å². The lowest BCUT2D eigenvalue weighted by Gasteiger charge is -2.13. The summed E-state index contributed by atoms with van der Waals surface area (Å²) in [6, 6.07) is 7.42. The standard InChI is InChI=1S/C15H14FNO4/c1-9-2-7-13(21-9)14(18)17-12(15(19)20)8-10-3-5-11(16)6-4-10/h2-7,12H,8H2,1H3,(H,17,18)(H,19,20)/t12-/m1/s1. The van der Waals surface area contributed by atoms with Crippen LogP contribution in [0.3, 0.4) is 0 Å². The Hall–Kier alpha value is -2.63. The van der Waals surface area contributed by atoms with Gasteiger partial charge < -0.3 is 14.8 Å². The lowest BCUT2D eigenvalue weighted by molar-refractivity contribution is -0.139. The first-order valence-corrected chi connectivity index (χ1v) is 6.30. The van der Waals surface area contributed by atoms with Crippen molar-refractivity contribution in [2.75, 3.05) is 0 Å². The normalized spacial score (nSPS) is 11.9. The fourth-order valence-electron chi connectivity index (χ4n) is 1.84. The fourth-order valence-corrected chi connectivity index (χ4v) is 1.84. The Kier molecular flexibility index (Phi) is 4.37. The third-order valence-corrected chi connectivity index (χ3v) is 2.92. The van der Waals surface area contributed by atoms with Gasteiger partial charge in [-0.15, -0.1) is 0 Å². The van der Waals surface area contributed by atoms with Gasteiger partial charge in [-0.1, -0.05) is 12.1 Å². The molecule has 6 heteroatoms. The molecular formula is C15H14FNO4. The minimum atomic E-state index is -1.17. The summed E-state index contributed by atoms with van der Waals surface area (Å²) in [4.78, 5) is 23.1. The number of furan rings is 1. The largest absolute Gasteiger partial charge is 0.480 e. The van der Waals surface area contributed by atoms with Gasteiger partial charge in [-0.25, -0.2) is 9.18 Å². The van der Waals surface area contributed by atoms with E-state index < -0.39 is 23.7 Å². The summed E-state index contributed by atoms with van der Waals surface area (Å²) < 4.78 is 18.0. The maximum atomic E-state index is 12.8. The van der Waals surface area contributed by atoms with Gasteiger partial charge in [-0.05, 0) is 36.8 Å². The average Bonchev–Trinajstić information content (AvgIpc) is 2.87. The molecule has 0 spiro atoms. The van der Waals surface area contributed by atoms with Gasteiger partial charge in [0.15, 0.2) is 5.76 Å². The van der Waals surface area contributed by atoms with Crippen LogP contribution >= 0.6 is 0 Å². The first-order valence-electron chi connectivity index (χ1n) is 6.30. The first-order chi connectivity index (χ1) is 9.95. The van der Waals surface area contributed by atoms with Gasteiger partial charge in [0.1, 0.15) is 17.6 Å². The van der Waals surface area contributed by atoms with Crippen molar-refractivity contribution in [3.8, 4) is 0 Å². The van der Waals surface area contributed by atoms with Crippen LogP contribution < -0.4 is 5.32 Å². The molecule has 110 valence electrons. The summed E-state index contributed by atoms with van der Waals surface area (Å²) in [5, 5.41) is 11.6. The van der Waals surface area contributed by atoms with Gasteiger partial charge in [-0.3, -0.25) is 4.79 Å². The summed E-state index contributed by atoms with van der Waals surface area (Å²) in [6.45, 7) is 1.68. The molecule has 0 saturated heterocycles. The lowest BCUT2D eigenvalue weighted by Crippen LogP contribution is -2.42. The summed E-state index contributed by atoms with van der Waals surface area (Å²) in [5.74, 6) is -1.56. The zero-order valence-corrected chi connectivity index (χ0v) is 11.3. The maximum Gasteiger partial charge on any atom is 0.326 e. The second-order valence-corrected chi connectivity index (χ2v) is 4.61. The van der Waals surface area contributed by atoms with Crippen molar-refractivity contribution in [2.45, 2.75) is 19.4 Å². The number of nitrogens with one attached hydrogen (secondary N) is 1. The minimum Gasteiger partial charge on any atom is -0.480 e. The number of amides is 1. The molecule has 0 aliphatic rings. The van der Waals surface area contributed by atoms with Gasteiger partial charge >= 0.3 is 5.97 Å². The smallest absolute Gasteiger partial charge is 0.326 e. The van der Waals surface area contributed by atoms with E-state index in [9.17, 15) is 19.1 Å². The number of carboxylic acids is 1. The number of carboxylic acid groups (broad SMARTS) is 1. The van der Waals surface area contributed by atoms with Gasteiger partial charge in [-0.2, -0.15) is 0 Å². The fraction of sp³-hybridized carbons (Fsp3) is 0.200. The lowest BCUT2D eigenvalue weighted by atomic mass is 10.1. The number of aliphatic carboxylic acids is 1. The number of carbonyl (C=O) groups excluding carboxylic acids is 1. The van der Waals surface area contributed by atoms with Gasteiger partial charge in [0, 0.05) is 6.42 Å². The monoisotopic (exact) mass is 291 g/mol. The number of carbonyl (C=O) groups is 2. The zero-order valence-electron chi connectivity index (χ0n) is 11.3. The van der Waals surface area contributed by atoms with Crippen molar-refractivity contribution in [3.05, 3.63) is 59.3 Å². The number of aryl methyl sites for hydroxylation is 1. The van der Waals surface area contributed by atoms with Crippen LogP contribution in [0.25, 0.3) is 0 Å². The Labute approximate surface area is 120 Å². The number of benzene rings is 1. The molecule has 2 N–H and O–H groups in total. The summed E-state index contributed by atoms with van der Waals surface area (Å²) in [5.41, 5.74) is 0.611. The molecule has 0 fully saturated rings. The van der Waals surface area contributed by atoms with Crippen LogP contribution in [0.4, 0.5) is 4.39 Å². The van der Waals surface area contributed by atoms with E-state index in [1.807, 2.05) is 0 Å². The summed E-state index contributed by atoms with van der Waals surface area (Å²) in [6.07, 6.45) is 0.0566. The zero-order chi connectivity index (χ0) is 15.4. The Morgan fingerprint density at radius 1 is 1.24 bits per heavy atom. The molecule has 2 aromatic rings. The molecule has 21 heavy (non-hydrogen) atoms.